The Morgan fingerprint density at radius 3 is 2.40 bits per heavy atom. The van der Waals surface area contributed by atoms with Crippen molar-refractivity contribution in [3.63, 3.8) is 0 Å². The molecule has 2 aromatic heterocycles. The van der Waals surface area contributed by atoms with Gasteiger partial charge in [-0.05, 0) is 48.2 Å². The second kappa shape index (κ2) is 9.34. The quantitative estimate of drug-likeness (QED) is 0.242. The molecule has 0 unspecified atom stereocenters. The van der Waals surface area contributed by atoms with Gasteiger partial charge in [-0.2, -0.15) is 0 Å². The molecule has 1 aliphatic heterocycles. The maximum Gasteiger partial charge on any atom is 0.150 e. The Balaban J connectivity index is 1.76. The van der Waals surface area contributed by atoms with Crippen LogP contribution in [0, 0.1) is 17.5 Å². The van der Waals surface area contributed by atoms with Crippen LogP contribution in [0.25, 0.3) is 33.2 Å². The SMILES string of the molecule is NC1CCN(c2c(-c3cc(F)cc(F)c3)cnc3ccc(-c4cncc(F)c4C=NO)cc23)CC1. The minimum Gasteiger partial charge on any atom is -0.411 e. The number of benzene rings is 2. The lowest BCUT2D eigenvalue weighted by Crippen LogP contribution is -2.40. The van der Waals surface area contributed by atoms with Crippen LogP contribution in [0.2, 0.25) is 0 Å². The lowest BCUT2D eigenvalue weighted by atomic mass is 9.95. The normalized spacial score (nSPS) is 14.8. The predicted octanol–water partition coefficient (Wildman–Crippen LogP) is 5.12. The van der Waals surface area contributed by atoms with Gasteiger partial charge in [0.25, 0.3) is 0 Å². The van der Waals surface area contributed by atoms with Gasteiger partial charge in [0.15, 0.2) is 5.82 Å². The van der Waals surface area contributed by atoms with Crippen LogP contribution in [0.15, 0.2) is 60.1 Å². The fraction of sp³-hybridized carbons (Fsp3) is 0.192. The second-order valence-electron chi connectivity index (χ2n) is 8.56. The molecule has 1 fully saturated rings. The third-order valence-corrected chi connectivity index (χ3v) is 6.31. The first kappa shape index (κ1) is 22.8. The number of fused-ring (bicyclic) bond motifs is 1. The summed E-state index contributed by atoms with van der Waals surface area (Å²) in [4.78, 5) is 10.6. The fourth-order valence-corrected chi connectivity index (χ4v) is 4.59. The van der Waals surface area contributed by atoms with E-state index in [-0.39, 0.29) is 11.6 Å². The summed E-state index contributed by atoms with van der Waals surface area (Å²) in [7, 11) is 0. The highest BCUT2D eigenvalue weighted by Gasteiger charge is 2.23. The van der Waals surface area contributed by atoms with E-state index in [0.29, 0.717) is 40.9 Å². The Bertz CT molecular complexity index is 1410. The summed E-state index contributed by atoms with van der Waals surface area (Å²) in [6.45, 7) is 1.33. The zero-order valence-corrected chi connectivity index (χ0v) is 18.6. The van der Waals surface area contributed by atoms with Gasteiger partial charge in [-0.1, -0.05) is 11.2 Å². The first-order valence-corrected chi connectivity index (χ1v) is 11.2. The molecule has 3 heterocycles. The van der Waals surface area contributed by atoms with Gasteiger partial charge in [0.2, 0.25) is 0 Å². The third kappa shape index (κ3) is 4.42. The summed E-state index contributed by atoms with van der Waals surface area (Å²) in [6.07, 6.45) is 6.71. The summed E-state index contributed by atoms with van der Waals surface area (Å²) in [6, 6.07) is 8.89. The fourth-order valence-electron chi connectivity index (χ4n) is 4.59. The van der Waals surface area contributed by atoms with E-state index in [9.17, 15) is 13.2 Å². The van der Waals surface area contributed by atoms with E-state index in [1.165, 1.54) is 18.3 Å². The first-order chi connectivity index (χ1) is 16.9. The molecule has 35 heavy (non-hydrogen) atoms. The highest BCUT2D eigenvalue weighted by atomic mass is 19.1. The molecule has 5 rings (SSSR count). The molecule has 6 nitrogen and oxygen atoms in total. The van der Waals surface area contributed by atoms with Crippen LogP contribution in [-0.2, 0) is 0 Å². The van der Waals surface area contributed by atoms with Gasteiger partial charge in [0.1, 0.15) is 11.6 Å². The zero-order valence-electron chi connectivity index (χ0n) is 18.6. The molecule has 2 aromatic carbocycles. The minimum atomic E-state index is -0.681. The van der Waals surface area contributed by atoms with Crippen molar-refractivity contribution in [2.24, 2.45) is 10.9 Å². The van der Waals surface area contributed by atoms with Crippen molar-refractivity contribution in [1.82, 2.24) is 9.97 Å². The lowest BCUT2D eigenvalue weighted by Gasteiger charge is -2.34. The van der Waals surface area contributed by atoms with E-state index in [1.54, 1.807) is 18.3 Å². The Labute approximate surface area is 199 Å². The van der Waals surface area contributed by atoms with E-state index in [0.717, 1.165) is 42.4 Å². The van der Waals surface area contributed by atoms with Gasteiger partial charge in [-0.25, -0.2) is 13.2 Å². The smallest absolute Gasteiger partial charge is 0.150 e. The van der Waals surface area contributed by atoms with Crippen molar-refractivity contribution in [3.05, 3.63) is 78.0 Å². The molecule has 1 aliphatic rings. The highest BCUT2D eigenvalue weighted by Crippen LogP contribution is 2.40. The van der Waals surface area contributed by atoms with E-state index in [1.807, 2.05) is 6.07 Å². The Hall–Kier alpha value is -3.98. The molecular formula is C26H22F3N5O. The molecule has 178 valence electrons. The minimum absolute atomic E-state index is 0.0867. The van der Waals surface area contributed by atoms with E-state index >= 15 is 0 Å². The Kier molecular flexibility index (Phi) is 6.08. The highest BCUT2D eigenvalue weighted by molar-refractivity contribution is 6.02. The van der Waals surface area contributed by atoms with Crippen LogP contribution in [0.3, 0.4) is 0 Å². The van der Waals surface area contributed by atoms with Crippen LogP contribution >= 0.6 is 0 Å². The number of hydrogen-bond donors (Lipinski definition) is 2. The van der Waals surface area contributed by atoms with Crippen LogP contribution in [0.1, 0.15) is 18.4 Å². The van der Waals surface area contributed by atoms with Crippen molar-refractivity contribution < 1.29 is 18.4 Å². The van der Waals surface area contributed by atoms with Crippen molar-refractivity contribution in [2.45, 2.75) is 18.9 Å². The molecular weight excluding hydrogens is 455 g/mol. The maximum absolute atomic E-state index is 14.4. The number of piperidine rings is 1. The average molecular weight is 477 g/mol. The third-order valence-electron chi connectivity index (χ3n) is 6.31. The lowest BCUT2D eigenvalue weighted by molar-refractivity contribution is 0.321. The molecule has 1 saturated heterocycles. The summed E-state index contributed by atoms with van der Waals surface area (Å²) in [5, 5.41) is 12.7. The van der Waals surface area contributed by atoms with Crippen LogP contribution in [0.5, 0.6) is 0 Å². The van der Waals surface area contributed by atoms with Gasteiger partial charge in [0.05, 0.1) is 23.6 Å². The molecule has 0 bridgehead atoms. The number of anilines is 1. The molecule has 0 spiro atoms. The molecule has 0 aliphatic carbocycles. The number of nitrogens with two attached hydrogens (primary N) is 1. The Morgan fingerprint density at radius 1 is 0.943 bits per heavy atom. The second-order valence-corrected chi connectivity index (χ2v) is 8.56. The molecule has 0 saturated carbocycles. The van der Waals surface area contributed by atoms with E-state index in [4.69, 9.17) is 10.9 Å². The predicted molar refractivity (Wildman–Crippen MR) is 129 cm³/mol. The number of rotatable bonds is 4. The molecule has 0 atom stereocenters. The van der Waals surface area contributed by atoms with Crippen molar-refractivity contribution in [1.29, 1.82) is 0 Å². The van der Waals surface area contributed by atoms with Crippen molar-refractivity contribution in [3.8, 4) is 22.3 Å². The largest absolute Gasteiger partial charge is 0.411 e. The number of halogens is 3. The van der Waals surface area contributed by atoms with Gasteiger partial charge in [-0.15, -0.1) is 0 Å². The van der Waals surface area contributed by atoms with Gasteiger partial charge in [0, 0.05) is 59.7 Å². The number of hydrogen-bond acceptors (Lipinski definition) is 6. The molecule has 9 heteroatoms. The van der Waals surface area contributed by atoms with Crippen molar-refractivity contribution in [2.75, 3.05) is 18.0 Å². The summed E-state index contributed by atoms with van der Waals surface area (Å²) in [5.41, 5.74) is 9.65. The number of nitrogens with zero attached hydrogens (tertiary/aromatic N) is 4. The number of pyridine rings is 2. The summed E-state index contributed by atoms with van der Waals surface area (Å²) in [5.74, 6) is -1.99. The molecule has 4 aromatic rings. The van der Waals surface area contributed by atoms with Gasteiger partial charge in [-0.3, -0.25) is 9.97 Å². The average Bonchev–Trinajstić information content (AvgIpc) is 2.84. The molecule has 0 radical (unpaired) electrons. The zero-order chi connectivity index (χ0) is 24.5. The summed E-state index contributed by atoms with van der Waals surface area (Å²) >= 11 is 0. The van der Waals surface area contributed by atoms with Crippen molar-refractivity contribution >= 4 is 22.8 Å². The topological polar surface area (TPSA) is 87.6 Å². The van der Waals surface area contributed by atoms with Gasteiger partial charge < -0.3 is 15.8 Å². The molecule has 0 amide bonds. The maximum atomic E-state index is 14.4. The number of oxime groups is 1. The van der Waals surface area contributed by atoms with E-state index < -0.39 is 17.5 Å². The summed E-state index contributed by atoms with van der Waals surface area (Å²) < 4.78 is 42.7. The monoisotopic (exact) mass is 477 g/mol. The number of aromatic nitrogens is 2. The first-order valence-electron chi connectivity index (χ1n) is 11.2. The Morgan fingerprint density at radius 2 is 1.69 bits per heavy atom. The van der Waals surface area contributed by atoms with Crippen LogP contribution < -0.4 is 10.6 Å². The van der Waals surface area contributed by atoms with E-state index in [2.05, 4.69) is 20.0 Å². The van der Waals surface area contributed by atoms with Crippen LogP contribution in [-0.4, -0.2) is 40.5 Å². The molecule has 3 N–H and O–H groups in total. The van der Waals surface area contributed by atoms with Crippen LogP contribution in [0.4, 0.5) is 18.9 Å². The standard InChI is InChI=1S/C26H22F3N5O/c27-17-7-16(8-18(28)10-17)22-12-32-25-2-1-15(21-11-31-14-24(29)23(21)13-33-35)9-20(25)26(22)34-5-3-19(30)4-6-34/h1-2,7-14,19,35H,3-6,30H2. The van der Waals surface area contributed by atoms with Gasteiger partial charge >= 0.3 is 0 Å².